The van der Waals surface area contributed by atoms with Crippen LogP contribution in [0.2, 0.25) is 0 Å². The average Bonchev–Trinajstić information content (AvgIpc) is 2.26. The normalized spacial score (nSPS) is 28.2. The zero-order valence-corrected chi connectivity index (χ0v) is 10.5. The quantitative estimate of drug-likeness (QED) is 0.686. The summed E-state index contributed by atoms with van der Waals surface area (Å²) in [5, 5.41) is 0. The van der Waals surface area contributed by atoms with Crippen molar-refractivity contribution in [2.24, 2.45) is 11.7 Å². The molecule has 90 valence electrons. The highest BCUT2D eigenvalue weighted by atomic mass is 15.1. The third-order valence-corrected chi connectivity index (χ3v) is 3.73. The van der Waals surface area contributed by atoms with Crippen molar-refractivity contribution < 1.29 is 0 Å². The Labute approximate surface area is 95.2 Å². The number of likely N-dealkylation sites (tertiary alicyclic amines) is 1. The van der Waals surface area contributed by atoms with E-state index in [1.54, 1.807) is 0 Å². The number of hydrogen-bond acceptors (Lipinski definition) is 2. The molecule has 1 heterocycles. The van der Waals surface area contributed by atoms with E-state index in [0.29, 0.717) is 6.04 Å². The van der Waals surface area contributed by atoms with Gasteiger partial charge < -0.3 is 10.6 Å². The van der Waals surface area contributed by atoms with E-state index < -0.39 is 0 Å². The zero-order chi connectivity index (χ0) is 11.1. The molecule has 1 fully saturated rings. The molecule has 15 heavy (non-hydrogen) atoms. The number of nitrogens with two attached hydrogens (primary N) is 1. The van der Waals surface area contributed by atoms with Gasteiger partial charge >= 0.3 is 0 Å². The van der Waals surface area contributed by atoms with Gasteiger partial charge in [0.05, 0.1) is 0 Å². The molecule has 1 saturated heterocycles. The van der Waals surface area contributed by atoms with Gasteiger partial charge in [0.25, 0.3) is 0 Å². The summed E-state index contributed by atoms with van der Waals surface area (Å²) >= 11 is 0. The van der Waals surface area contributed by atoms with Crippen LogP contribution in [0.1, 0.15) is 52.4 Å². The summed E-state index contributed by atoms with van der Waals surface area (Å²) in [6, 6.07) is 0.460. The van der Waals surface area contributed by atoms with Crippen LogP contribution < -0.4 is 5.73 Å². The summed E-state index contributed by atoms with van der Waals surface area (Å²) in [7, 11) is 0. The van der Waals surface area contributed by atoms with E-state index >= 15 is 0 Å². The lowest BCUT2D eigenvalue weighted by Gasteiger charge is -2.36. The highest BCUT2D eigenvalue weighted by molar-refractivity contribution is 4.81. The van der Waals surface area contributed by atoms with Crippen molar-refractivity contribution in [1.82, 2.24) is 4.90 Å². The molecule has 1 aliphatic rings. The monoisotopic (exact) mass is 212 g/mol. The molecule has 2 nitrogen and oxygen atoms in total. The minimum atomic E-state index is 0.460. The molecule has 0 aromatic rings. The van der Waals surface area contributed by atoms with Crippen molar-refractivity contribution in [3.63, 3.8) is 0 Å². The lowest BCUT2D eigenvalue weighted by molar-refractivity contribution is 0.149. The Morgan fingerprint density at radius 3 is 2.67 bits per heavy atom. The molecule has 2 atom stereocenters. The standard InChI is InChI=1S/C13H28N2/c1-3-5-6-7-9-15-10-8-13(14)12(4-2)11-15/h12-13H,3-11,14H2,1-2H3. The minimum absolute atomic E-state index is 0.460. The predicted molar refractivity (Wildman–Crippen MR) is 67.0 cm³/mol. The third kappa shape index (κ3) is 4.52. The van der Waals surface area contributed by atoms with Crippen LogP contribution in [-0.4, -0.2) is 30.6 Å². The first kappa shape index (κ1) is 13.0. The highest BCUT2D eigenvalue weighted by Gasteiger charge is 2.24. The molecule has 0 amide bonds. The van der Waals surface area contributed by atoms with Crippen molar-refractivity contribution in [3.8, 4) is 0 Å². The van der Waals surface area contributed by atoms with Crippen molar-refractivity contribution in [1.29, 1.82) is 0 Å². The van der Waals surface area contributed by atoms with E-state index in [0.717, 1.165) is 5.92 Å². The third-order valence-electron chi connectivity index (χ3n) is 3.73. The molecule has 0 radical (unpaired) electrons. The van der Waals surface area contributed by atoms with Crippen molar-refractivity contribution in [2.75, 3.05) is 19.6 Å². The van der Waals surface area contributed by atoms with Gasteiger partial charge in [-0.25, -0.2) is 0 Å². The van der Waals surface area contributed by atoms with Crippen LogP contribution >= 0.6 is 0 Å². The molecule has 0 aliphatic carbocycles. The molecule has 1 aliphatic heterocycles. The summed E-state index contributed by atoms with van der Waals surface area (Å²) in [4.78, 5) is 2.62. The van der Waals surface area contributed by atoms with E-state index in [9.17, 15) is 0 Å². The maximum Gasteiger partial charge on any atom is 0.00914 e. The Morgan fingerprint density at radius 2 is 2.00 bits per heavy atom. The first-order valence-corrected chi connectivity index (χ1v) is 6.75. The van der Waals surface area contributed by atoms with Gasteiger partial charge in [0, 0.05) is 12.6 Å². The molecule has 2 heteroatoms. The van der Waals surface area contributed by atoms with Gasteiger partial charge in [0.15, 0.2) is 0 Å². The number of piperidine rings is 1. The van der Waals surface area contributed by atoms with Gasteiger partial charge in [-0.1, -0.05) is 39.5 Å². The maximum atomic E-state index is 6.10. The SMILES string of the molecule is CCCCCCN1CCC(N)C(CC)C1. The van der Waals surface area contributed by atoms with Crippen molar-refractivity contribution in [3.05, 3.63) is 0 Å². The van der Waals surface area contributed by atoms with E-state index in [1.165, 1.54) is 58.2 Å². The van der Waals surface area contributed by atoms with Crippen molar-refractivity contribution >= 4 is 0 Å². The smallest absolute Gasteiger partial charge is 0.00914 e. The van der Waals surface area contributed by atoms with E-state index in [4.69, 9.17) is 5.73 Å². The zero-order valence-electron chi connectivity index (χ0n) is 10.5. The maximum absolute atomic E-state index is 6.10. The van der Waals surface area contributed by atoms with Crippen LogP contribution in [0.4, 0.5) is 0 Å². The Morgan fingerprint density at radius 1 is 1.20 bits per heavy atom. The van der Waals surface area contributed by atoms with Gasteiger partial charge in [-0.2, -0.15) is 0 Å². The summed E-state index contributed by atoms with van der Waals surface area (Å²) in [5.74, 6) is 0.741. The molecule has 0 saturated carbocycles. The fourth-order valence-electron chi connectivity index (χ4n) is 2.52. The van der Waals surface area contributed by atoms with Crippen LogP contribution in [-0.2, 0) is 0 Å². The second kappa shape index (κ2) is 7.24. The van der Waals surface area contributed by atoms with Crippen LogP contribution in [0, 0.1) is 5.92 Å². The topological polar surface area (TPSA) is 29.3 Å². The number of hydrogen-bond donors (Lipinski definition) is 1. The molecule has 0 aromatic carbocycles. The van der Waals surface area contributed by atoms with Gasteiger partial charge in [-0.15, -0.1) is 0 Å². The Balaban J connectivity index is 2.14. The molecule has 0 bridgehead atoms. The Bertz CT molecular complexity index is 159. The molecular weight excluding hydrogens is 184 g/mol. The second-order valence-electron chi connectivity index (χ2n) is 4.98. The predicted octanol–water partition coefficient (Wildman–Crippen LogP) is 2.63. The number of unbranched alkanes of at least 4 members (excludes halogenated alkanes) is 3. The van der Waals surface area contributed by atoms with Crippen LogP contribution in [0.3, 0.4) is 0 Å². The molecule has 2 N–H and O–H groups in total. The number of nitrogens with zero attached hydrogens (tertiary/aromatic N) is 1. The van der Waals surface area contributed by atoms with Crippen LogP contribution in [0.5, 0.6) is 0 Å². The van der Waals surface area contributed by atoms with Gasteiger partial charge in [-0.05, 0) is 31.8 Å². The van der Waals surface area contributed by atoms with E-state index in [1.807, 2.05) is 0 Å². The molecular formula is C13H28N2. The largest absolute Gasteiger partial charge is 0.327 e. The summed E-state index contributed by atoms with van der Waals surface area (Å²) in [6.07, 6.45) is 7.95. The fourth-order valence-corrected chi connectivity index (χ4v) is 2.52. The van der Waals surface area contributed by atoms with Crippen LogP contribution in [0.15, 0.2) is 0 Å². The van der Waals surface area contributed by atoms with Gasteiger partial charge in [-0.3, -0.25) is 0 Å². The average molecular weight is 212 g/mol. The lowest BCUT2D eigenvalue weighted by Crippen LogP contribution is -2.47. The van der Waals surface area contributed by atoms with Gasteiger partial charge in [0.1, 0.15) is 0 Å². The van der Waals surface area contributed by atoms with E-state index in [2.05, 4.69) is 18.7 Å². The Hall–Kier alpha value is -0.0800. The minimum Gasteiger partial charge on any atom is -0.327 e. The number of rotatable bonds is 6. The second-order valence-corrected chi connectivity index (χ2v) is 4.98. The summed E-state index contributed by atoms with van der Waals surface area (Å²) in [6.45, 7) is 8.30. The molecule has 2 unspecified atom stereocenters. The van der Waals surface area contributed by atoms with E-state index in [-0.39, 0.29) is 0 Å². The lowest BCUT2D eigenvalue weighted by atomic mass is 9.90. The highest BCUT2D eigenvalue weighted by Crippen LogP contribution is 2.18. The Kier molecular flexibility index (Phi) is 6.26. The van der Waals surface area contributed by atoms with Gasteiger partial charge in [0.2, 0.25) is 0 Å². The molecule has 1 rings (SSSR count). The molecule has 0 aromatic heterocycles. The van der Waals surface area contributed by atoms with Crippen LogP contribution in [0.25, 0.3) is 0 Å². The first-order chi connectivity index (χ1) is 7.27. The first-order valence-electron chi connectivity index (χ1n) is 6.75. The summed E-state index contributed by atoms with van der Waals surface area (Å²) < 4.78 is 0. The molecule has 0 spiro atoms. The van der Waals surface area contributed by atoms with Crippen molar-refractivity contribution in [2.45, 2.75) is 58.4 Å². The summed E-state index contributed by atoms with van der Waals surface area (Å²) in [5.41, 5.74) is 6.10. The fraction of sp³-hybridized carbons (Fsp3) is 1.00.